The molecular weight excluding hydrogens is 358 g/mol. The van der Waals surface area contributed by atoms with Crippen LogP contribution in [0.15, 0.2) is 24.4 Å². The van der Waals surface area contributed by atoms with Crippen LogP contribution in [0.2, 0.25) is 0 Å². The molecular formula is C16H15N5O6. The summed E-state index contributed by atoms with van der Waals surface area (Å²) >= 11 is 0. The van der Waals surface area contributed by atoms with Gasteiger partial charge in [0, 0.05) is 12.3 Å². The van der Waals surface area contributed by atoms with Gasteiger partial charge >= 0.3 is 12.1 Å². The number of ether oxygens (including phenoxy) is 2. The molecule has 27 heavy (non-hydrogen) atoms. The number of nitro groups is 1. The number of benzene rings is 1. The van der Waals surface area contributed by atoms with Crippen LogP contribution < -0.4 is 11.1 Å². The summed E-state index contributed by atoms with van der Waals surface area (Å²) in [5, 5.41) is 22.8. The Kier molecular flexibility index (Phi) is 5.62. The molecule has 1 aromatic carbocycles. The summed E-state index contributed by atoms with van der Waals surface area (Å²) in [4.78, 5) is 34.2. The maximum atomic E-state index is 12.0. The van der Waals surface area contributed by atoms with E-state index in [4.69, 9.17) is 15.7 Å². The molecule has 0 aliphatic heterocycles. The molecule has 11 nitrogen and oxygen atoms in total. The highest BCUT2D eigenvalue weighted by Crippen LogP contribution is 2.31. The second-order valence-corrected chi connectivity index (χ2v) is 5.08. The SMILES string of the molecule is CCOC(=O)Nc1ccc(-n2cc(C#N)c(N)c2C(=O)OC)cc1[N+](=O)[O-]. The monoisotopic (exact) mass is 373 g/mol. The van der Waals surface area contributed by atoms with Gasteiger partial charge in [0.05, 0.1) is 35.6 Å². The van der Waals surface area contributed by atoms with E-state index in [2.05, 4.69) is 10.1 Å². The number of amides is 1. The van der Waals surface area contributed by atoms with Gasteiger partial charge in [-0.1, -0.05) is 0 Å². The first-order valence-corrected chi connectivity index (χ1v) is 7.55. The Labute approximate surface area is 153 Å². The smallest absolute Gasteiger partial charge is 0.411 e. The van der Waals surface area contributed by atoms with Crippen LogP contribution in [0.1, 0.15) is 23.0 Å². The molecule has 11 heteroatoms. The Morgan fingerprint density at radius 1 is 1.44 bits per heavy atom. The summed E-state index contributed by atoms with van der Waals surface area (Å²) in [6.45, 7) is 1.69. The van der Waals surface area contributed by atoms with E-state index in [-0.39, 0.29) is 34.9 Å². The molecule has 2 aromatic rings. The number of aromatic nitrogens is 1. The molecule has 0 radical (unpaired) electrons. The summed E-state index contributed by atoms with van der Waals surface area (Å²) in [7, 11) is 1.14. The average Bonchev–Trinajstić information content (AvgIpc) is 2.97. The molecule has 0 spiro atoms. The lowest BCUT2D eigenvalue weighted by molar-refractivity contribution is -0.383. The zero-order chi connectivity index (χ0) is 20.1. The highest BCUT2D eigenvalue weighted by Gasteiger charge is 2.24. The van der Waals surface area contributed by atoms with Gasteiger partial charge in [-0.25, -0.2) is 9.59 Å². The molecule has 0 saturated carbocycles. The van der Waals surface area contributed by atoms with Crippen LogP contribution in [0.5, 0.6) is 0 Å². The van der Waals surface area contributed by atoms with Gasteiger partial charge in [-0.2, -0.15) is 5.26 Å². The van der Waals surface area contributed by atoms with Gasteiger partial charge in [-0.05, 0) is 19.1 Å². The minimum absolute atomic E-state index is 0.00628. The van der Waals surface area contributed by atoms with Crippen molar-refractivity contribution in [3.8, 4) is 11.8 Å². The highest BCUT2D eigenvalue weighted by atomic mass is 16.6. The highest BCUT2D eigenvalue weighted by molar-refractivity contribution is 5.96. The fourth-order valence-electron chi connectivity index (χ4n) is 2.32. The van der Waals surface area contributed by atoms with Crippen molar-refractivity contribution in [1.82, 2.24) is 4.57 Å². The summed E-state index contributed by atoms with van der Waals surface area (Å²) < 4.78 is 10.6. The van der Waals surface area contributed by atoms with Gasteiger partial charge in [-0.3, -0.25) is 15.4 Å². The fraction of sp³-hybridized carbons (Fsp3) is 0.188. The van der Waals surface area contributed by atoms with E-state index in [1.54, 1.807) is 6.92 Å². The van der Waals surface area contributed by atoms with Gasteiger partial charge < -0.3 is 19.8 Å². The van der Waals surface area contributed by atoms with E-state index in [1.807, 2.05) is 6.07 Å². The topological polar surface area (TPSA) is 163 Å². The Morgan fingerprint density at radius 2 is 2.15 bits per heavy atom. The number of esters is 1. The van der Waals surface area contributed by atoms with Crippen LogP contribution in [-0.2, 0) is 9.47 Å². The van der Waals surface area contributed by atoms with Gasteiger partial charge in [0.25, 0.3) is 5.69 Å². The molecule has 1 heterocycles. The van der Waals surface area contributed by atoms with Gasteiger partial charge in [0.2, 0.25) is 0 Å². The van der Waals surface area contributed by atoms with Crippen molar-refractivity contribution in [2.24, 2.45) is 0 Å². The van der Waals surface area contributed by atoms with Crippen LogP contribution in [0.25, 0.3) is 5.69 Å². The largest absolute Gasteiger partial charge is 0.464 e. The molecule has 140 valence electrons. The lowest BCUT2D eigenvalue weighted by Crippen LogP contribution is -2.15. The number of nitrogens with zero attached hydrogens (tertiary/aromatic N) is 3. The van der Waals surface area contributed by atoms with Crippen molar-refractivity contribution >= 4 is 29.1 Å². The molecule has 1 aromatic heterocycles. The summed E-state index contributed by atoms with van der Waals surface area (Å²) in [5.74, 6) is -0.814. The molecule has 0 aliphatic carbocycles. The zero-order valence-electron chi connectivity index (χ0n) is 14.4. The predicted molar refractivity (Wildman–Crippen MR) is 93.5 cm³/mol. The third-order valence-corrected chi connectivity index (χ3v) is 3.51. The lowest BCUT2D eigenvalue weighted by Gasteiger charge is -2.11. The number of nitriles is 1. The van der Waals surface area contributed by atoms with Gasteiger partial charge in [0.15, 0.2) is 5.69 Å². The van der Waals surface area contributed by atoms with Crippen molar-refractivity contribution in [1.29, 1.82) is 5.26 Å². The van der Waals surface area contributed by atoms with E-state index in [1.165, 1.54) is 22.9 Å². The molecule has 0 aliphatic rings. The normalized spacial score (nSPS) is 9.96. The van der Waals surface area contributed by atoms with E-state index >= 15 is 0 Å². The number of hydrogen-bond donors (Lipinski definition) is 2. The number of nitrogens with two attached hydrogens (primary N) is 1. The predicted octanol–water partition coefficient (Wildman–Crippen LogP) is 2.19. The summed E-state index contributed by atoms with van der Waals surface area (Å²) in [6, 6.07) is 5.63. The molecule has 0 saturated heterocycles. The first-order valence-electron chi connectivity index (χ1n) is 7.55. The molecule has 1 amide bonds. The van der Waals surface area contributed by atoms with Crippen molar-refractivity contribution in [2.45, 2.75) is 6.92 Å². The summed E-state index contributed by atoms with van der Waals surface area (Å²) in [6.07, 6.45) is 0.416. The lowest BCUT2D eigenvalue weighted by atomic mass is 10.2. The Bertz CT molecular complexity index is 959. The van der Waals surface area contributed by atoms with E-state index in [0.29, 0.717) is 0 Å². The van der Waals surface area contributed by atoms with Crippen molar-refractivity contribution < 1.29 is 24.0 Å². The standard InChI is InChI=1S/C16H15N5O6/c1-3-27-16(23)19-11-5-4-10(6-12(11)21(24)25)20-8-9(7-17)13(18)14(20)15(22)26-2/h4-6,8H,3,18H2,1-2H3,(H,19,23). The molecule has 0 bridgehead atoms. The quantitative estimate of drug-likeness (QED) is 0.457. The number of hydrogen-bond acceptors (Lipinski definition) is 8. The first-order chi connectivity index (χ1) is 12.8. The number of carbonyl (C=O) groups excluding carboxylic acids is 2. The minimum atomic E-state index is -0.847. The van der Waals surface area contributed by atoms with Gasteiger partial charge in [-0.15, -0.1) is 0 Å². The molecule has 0 fully saturated rings. The number of carbonyl (C=O) groups is 2. The fourth-order valence-corrected chi connectivity index (χ4v) is 2.32. The third kappa shape index (κ3) is 3.79. The Balaban J connectivity index is 2.59. The van der Waals surface area contributed by atoms with Crippen LogP contribution >= 0.6 is 0 Å². The maximum Gasteiger partial charge on any atom is 0.411 e. The zero-order valence-corrected chi connectivity index (χ0v) is 14.4. The number of nitrogens with one attached hydrogen (secondary N) is 1. The Morgan fingerprint density at radius 3 is 2.70 bits per heavy atom. The van der Waals surface area contributed by atoms with Crippen LogP contribution in [0, 0.1) is 21.4 Å². The van der Waals surface area contributed by atoms with Crippen LogP contribution in [0.4, 0.5) is 21.9 Å². The second kappa shape index (κ2) is 7.87. The molecule has 0 unspecified atom stereocenters. The first kappa shape index (κ1) is 19.3. The van der Waals surface area contributed by atoms with Crippen molar-refractivity contribution in [2.75, 3.05) is 24.8 Å². The van der Waals surface area contributed by atoms with Crippen molar-refractivity contribution in [3.05, 3.63) is 45.8 Å². The summed E-state index contributed by atoms with van der Waals surface area (Å²) in [5.41, 5.74) is 5.19. The number of nitro benzene ring substituents is 1. The van der Waals surface area contributed by atoms with Crippen LogP contribution in [0.3, 0.4) is 0 Å². The number of rotatable bonds is 5. The van der Waals surface area contributed by atoms with Gasteiger partial charge in [0.1, 0.15) is 11.8 Å². The van der Waals surface area contributed by atoms with E-state index in [0.717, 1.165) is 13.2 Å². The number of methoxy groups -OCH3 is 1. The molecule has 2 rings (SSSR count). The van der Waals surface area contributed by atoms with E-state index < -0.39 is 22.7 Å². The minimum Gasteiger partial charge on any atom is -0.464 e. The molecule has 0 atom stereocenters. The molecule has 3 N–H and O–H groups in total. The van der Waals surface area contributed by atoms with Crippen LogP contribution in [-0.4, -0.2) is 35.3 Å². The number of nitrogen functional groups attached to an aromatic ring is 1. The average molecular weight is 373 g/mol. The van der Waals surface area contributed by atoms with Crippen molar-refractivity contribution in [3.63, 3.8) is 0 Å². The number of anilines is 2. The maximum absolute atomic E-state index is 12.0. The third-order valence-electron chi connectivity index (χ3n) is 3.51. The van der Waals surface area contributed by atoms with E-state index in [9.17, 15) is 19.7 Å². The second-order valence-electron chi connectivity index (χ2n) is 5.08. The Hall–Kier alpha value is -4.07.